The summed E-state index contributed by atoms with van der Waals surface area (Å²) < 4.78 is 30.5. The highest BCUT2D eigenvalue weighted by Gasteiger charge is 2.24. The van der Waals surface area contributed by atoms with Crippen LogP contribution in [-0.2, 0) is 19.6 Å². The predicted octanol–water partition coefficient (Wildman–Crippen LogP) is 2.97. The second kappa shape index (κ2) is 8.17. The van der Waals surface area contributed by atoms with E-state index in [1.807, 2.05) is 0 Å². The highest BCUT2D eigenvalue weighted by atomic mass is 32.2. The number of ether oxygens (including phenoxy) is 1. The van der Waals surface area contributed by atoms with Crippen molar-refractivity contribution in [2.75, 3.05) is 17.1 Å². The molecule has 0 aliphatic carbocycles. The number of nitro benzene ring substituents is 1. The molecule has 0 unspecified atom stereocenters. The van der Waals surface area contributed by atoms with E-state index in [9.17, 15) is 23.3 Å². The molecule has 0 aromatic heterocycles. The van der Waals surface area contributed by atoms with Gasteiger partial charge < -0.3 is 4.74 Å². The maximum atomic E-state index is 12.3. The Labute approximate surface area is 157 Å². The first kappa shape index (κ1) is 20.4. The maximum Gasteiger partial charge on any atom is 0.327 e. The van der Waals surface area contributed by atoms with Gasteiger partial charge >= 0.3 is 5.97 Å². The number of carbonyl (C=O) groups is 1. The zero-order valence-electron chi connectivity index (χ0n) is 15.2. The largest absolute Gasteiger partial charge is 0.456 e. The van der Waals surface area contributed by atoms with Crippen LogP contribution >= 0.6 is 0 Å². The predicted molar refractivity (Wildman–Crippen MR) is 101 cm³/mol. The Hall–Kier alpha value is -2.94. The smallest absolute Gasteiger partial charge is 0.327 e. The Bertz CT molecular complexity index is 958. The van der Waals surface area contributed by atoms with Crippen molar-refractivity contribution in [2.45, 2.75) is 20.0 Å². The Kier molecular flexibility index (Phi) is 6.17. The van der Waals surface area contributed by atoms with Crippen LogP contribution in [0.1, 0.15) is 24.2 Å². The molecule has 0 heterocycles. The average Bonchev–Trinajstić information content (AvgIpc) is 2.59. The molecule has 0 bridgehead atoms. The van der Waals surface area contributed by atoms with E-state index in [0.29, 0.717) is 16.8 Å². The van der Waals surface area contributed by atoms with Crippen LogP contribution in [0.4, 0.5) is 11.4 Å². The molecule has 9 heteroatoms. The lowest BCUT2D eigenvalue weighted by molar-refractivity contribution is -0.385. The van der Waals surface area contributed by atoms with E-state index in [0.717, 1.165) is 10.6 Å². The number of esters is 1. The van der Waals surface area contributed by atoms with E-state index >= 15 is 0 Å². The number of hydrogen-bond donors (Lipinski definition) is 0. The fraction of sp³-hybridized carbons (Fsp3) is 0.278. The van der Waals surface area contributed by atoms with Crippen LogP contribution in [0, 0.1) is 17.0 Å². The van der Waals surface area contributed by atoms with Gasteiger partial charge in [0.15, 0.2) is 0 Å². The van der Waals surface area contributed by atoms with Crippen LogP contribution in [0.3, 0.4) is 0 Å². The molecular formula is C18H20N2O6S. The number of nitro groups is 1. The minimum atomic E-state index is -3.71. The van der Waals surface area contributed by atoms with Crippen LogP contribution in [-0.4, -0.2) is 32.1 Å². The lowest BCUT2D eigenvalue weighted by Crippen LogP contribution is -2.36. The lowest BCUT2D eigenvalue weighted by atomic mass is 10.1. The van der Waals surface area contributed by atoms with Gasteiger partial charge in [0.2, 0.25) is 10.0 Å². The number of aryl methyl sites for hydroxylation is 1. The van der Waals surface area contributed by atoms with E-state index in [4.69, 9.17) is 4.74 Å². The average molecular weight is 392 g/mol. The SMILES string of the molecule is Cc1ccccc1N(CC(=O)O[C@H](C)c1cccc([N+](=O)[O-])c1)S(C)(=O)=O. The van der Waals surface area contributed by atoms with Crippen LogP contribution in [0.5, 0.6) is 0 Å². The Morgan fingerprint density at radius 3 is 2.48 bits per heavy atom. The van der Waals surface area contributed by atoms with Gasteiger partial charge in [0.25, 0.3) is 5.69 Å². The lowest BCUT2D eigenvalue weighted by Gasteiger charge is -2.24. The summed E-state index contributed by atoms with van der Waals surface area (Å²) in [7, 11) is -3.71. The zero-order valence-corrected chi connectivity index (χ0v) is 16.0. The molecule has 0 radical (unpaired) electrons. The highest BCUT2D eigenvalue weighted by Crippen LogP contribution is 2.24. The number of sulfonamides is 1. The molecule has 8 nitrogen and oxygen atoms in total. The van der Waals surface area contributed by atoms with E-state index in [1.165, 1.54) is 18.2 Å². The summed E-state index contributed by atoms with van der Waals surface area (Å²) in [5, 5.41) is 10.9. The van der Waals surface area contributed by atoms with Gasteiger partial charge in [0.1, 0.15) is 12.6 Å². The number of non-ortho nitro benzene ring substituents is 1. The third-order valence-corrected chi connectivity index (χ3v) is 5.04. The molecule has 0 saturated carbocycles. The number of carbonyl (C=O) groups excluding carboxylic acids is 1. The normalized spacial score (nSPS) is 12.3. The summed E-state index contributed by atoms with van der Waals surface area (Å²) in [6.45, 7) is 2.81. The monoisotopic (exact) mass is 392 g/mol. The van der Waals surface area contributed by atoms with Gasteiger partial charge in [-0.3, -0.25) is 19.2 Å². The molecular weight excluding hydrogens is 372 g/mol. The third kappa shape index (κ3) is 5.27. The summed E-state index contributed by atoms with van der Waals surface area (Å²) in [5.41, 5.74) is 1.41. The first-order valence-corrected chi connectivity index (χ1v) is 9.91. The Morgan fingerprint density at radius 1 is 1.22 bits per heavy atom. The zero-order chi connectivity index (χ0) is 20.2. The first-order valence-electron chi connectivity index (χ1n) is 8.06. The minimum Gasteiger partial charge on any atom is -0.456 e. The van der Waals surface area contributed by atoms with Crippen molar-refractivity contribution in [1.29, 1.82) is 0 Å². The van der Waals surface area contributed by atoms with E-state index in [1.54, 1.807) is 44.2 Å². The minimum absolute atomic E-state index is 0.118. The van der Waals surface area contributed by atoms with Crippen molar-refractivity contribution in [3.05, 3.63) is 69.8 Å². The number of nitrogens with zero attached hydrogens (tertiary/aromatic N) is 2. The first-order chi connectivity index (χ1) is 12.6. The molecule has 0 fully saturated rings. The Balaban J connectivity index is 2.18. The number of para-hydroxylation sites is 1. The van der Waals surface area contributed by atoms with Crippen LogP contribution in [0.25, 0.3) is 0 Å². The van der Waals surface area contributed by atoms with Gasteiger partial charge in [0.05, 0.1) is 16.9 Å². The van der Waals surface area contributed by atoms with Gasteiger partial charge in [0, 0.05) is 12.1 Å². The molecule has 0 saturated heterocycles. The molecule has 0 aliphatic heterocycles. The van der Waals surface area contributed by atoms with Crippen molar-refractivity contribution < 1.29 is 22.9 Å². The van der Waals surface area contributed by atoms with E-state index in [2.05, 4.69) is 0 Å². The highest BCUT2D eigenvalue weighted by molar-refractivity contribution is 7.92. The molecule has 2 aromatic carbocycles. The van der Waals surface area contributed by atoms with Gasteiger partial charge in [-0.15, -0.1) is 0 Å². The van der Waals surface area contributed by atoms with Crippen LogP contribution in [0.2, 0.25) is 0 Å². The van der Waals surface area contributed by atoms with Crippen molar-refractivity contribution in [2.24, 2.45) is 0 Å². The fourth-order valence-corrected chi connectivity index (χ4v) is 3.44. The van der Waals surface area contributed by atoms with Crippen LogP contribution < -0.4 is 4.31 Å². The van der Waals surface area contributed by atoms with Crippen molar-refractivity contribution >= 4 is 27.4 Å². The topological polar surface area (TPSA) is 107 Å². The molecule has 27 heavy (non-hydrogen) atoms. The van der Waals surface area contributed by atoms with Crippen molar-refractivity contribution in [3.8, 4) is 0 Å². The number of benzene rings is 2. The van der Waals surface area contributed by atoms with E-state index in [-0.39, 0.29) is 5.69 Å². The second-order valence-corrected chi connectivity index (χ2v) is 7.95. The molecule has 0 spiro atoms. The maximum absolute atomic E-state index is 12.3. The number of rotatable bonds is 7. The molecule has 0 aliphatic rings. The molecule has 2 aromatic rings. The third-order valence-electron chi connectivity index (χ3n) is 3.92. The fourth-order valence-electron chi connectivity index (χ4n) is 2.54. The van der Waals surface area contributed by atoms with Gasteiger partial charge in [-0.2, -0.15) is 0 Å². The summed E-state index contributed by atoms with van der Waals surface area (Å²) in [6.07, 6.45) is 0.243. The second-order valence-electron chi connectivity index (χ2n) is 6.04. The van der Waals surface area contributed by atoms with Crippen LogP contribution in [0.15, 0.2) is 48.5 Å². The van der Waals surface area contributed by atoms with Gasteiger partial charge in [-0.05, 0) is 31.0 Å². The van der Waals surface area contributed by atoms with Crippen molar-refractivity contribution in [3.63, 3.8) is 0 Å². The number of anilines is 1. The molecule has 0 N–H and O–H groups in total. The molecule has 2 rings (SSSR count). The number of hydrogen-bond acceptors (Lipinski definition) is 6. The Morgan fingerprint density at radius 2 is 1.89 bits per heavy atom. The van der Waals surface area contributed by atoms with Gasteiger partial charge in [-0.1, -0.05) is 30.3 Å². The summed E-state index contributed by atoms with van der Waals surface area (Å²) in [4.78, 5) is 22.7. The summed E-state index contributed by atoms with van der Waals surface area (Å²) in [5.74, 6) is -0.761. The summed E-state index contributed by atoms with van der Waals surface area (Å²) in [6, 6.07) is 12.5. The van der Waals surface area contributed by atoms with Crippen molar-refractivity contribution in [1.82, 2.24) is 0 Å². The standard InChI is InChI=1S/C18H20N2O6S/c1-13-7-4-5-10-17(13)19(27(3,24)25)12-18(21)26-14(2)15-8-6-9-16(11-15)20(22)23/h4-11,14H,12H2,1-3H3/t14-/m1/s1. The summed E-state index contributed by atoms with van der Waals surface area (Å²) >= 11 is 0. The molecule has 1 atom stereocenters. The van der Waals surface area contributed by atoms with Gasteiger partial charge in [-0.25, -0.2) is 8.42 Å². The van der Waals surface area contributed by atoms with E-state index < -0.39 is 33.6 Å². The molecule has 144 valence electrons. The molecule has 0 amide bonds. The quantitative estimate of drug-likeness (QED) is 0.407.